The highest BCUT2D eigenvalue weighted by Gasteiger charge is 2.50. The molecule has 1 saturated heterocycles. The van der Waals surface area contributed by atoms with Crippen LogP contribution in [-0.4, -0.2) is 28.4 Å². The molecule has 0 amide bonds. The molecule has 1 aliphatic carbocycles. The number of benzene rings is 1. The Bertz CT molecular complexity index is 637. The zero-order valence-electron chi connectivity index (χ0n) is 14.5. The van der Waals surface area contributed by atoms with Crippen LogP contribution in [-0.2, 0) is 0 Å². The molecule has 2 bridgehead atoms. The average molecular weight is 330 g/mol. The number of likely N-dealkylation sites (tertiary alicyclic amines) is 1. The smallest absolute Gasteiger partial charge is 0.173 e. The molecule has 4 heteroatoms. The SMILES string of the molecule is CC(=O)c1ccc(NC(=S)N2CC3(C)CC2CC(C)(C)C3)cc1. The Morgan fingerprint density at radius 1 is 1.22 bits per heavy atom. The van der Waals surface area contributed by atoms with Gasteiger partial charge in [0.25, 0.3) is 0 Å². The molecule has 2 atom stereocenters. The Morgan fingerprint density at radius 2 is 1.87 bits per heavy atom. The van der Waals surface area contributed by atoms with E-state index in [9.17, 15) is 4.79 Å². The lowest BCUT2D eigenvalue weighted by molar-refractivity contribution is 0.101. The lowest BCUT2D eigenvalue weighted by atomic mass is 9.65. The van der Waals surface area contributed by atoms with Crippen molar-refractivity contribution in [2.45, 2.75) is 53.0 Å². The normalized spacial score (nSPS) is 28.5. The van der Waals surface area contributed by atoms with Crippen LogP contribution in [0.15, 0.2) is 24.3 Å². The summed E-state index contributed by atoms with van der Waals surface area (Å²) in [4.78, 5) is 13.7. The van der Waals surface area contributed by atoms with Gasteiger partial charge in [0, 0.05) is 23.8 Å². The highest BCUT2D eigenvalue weighted by atomic mass is 32.1. The minimum atomic E-state index is 0.0858. The maximum atomic E-state index is 11.4. The van der Waals surface area contributed by atoms with Crippen LogP contribution in [0.2, 0.25) is 0 Å². The fraction of sp³-hybridized carbons (Fsp3) is 0.579. The molecule has 3 rings (SSSR count). The summed E-state index contributed by atoms with van der Waals surface area (Å²) in [5.41, 5.74) is 2.44. The molecule has 2 fully saturated rings. The maximum absolute atomic E-state index is 11.4. The number of nitrogens with zero attached hydrogens (tertiary/aromatic N) is 1. The van der Waals surface area contributed by atoms with Gasteiger partial charge in [0.15, 0.2) is 10.9 Å². The number of fused-ring (bicyclic) bond motifs is 2. The molecule has 0 radical (unpaired) electrons. The summed E-state index contributed by atoms with van der Waals surface area (Å²) >= 11 is 5.68. The molecule has 1 saturated carbocycles. The van der Waals surface area contributed by atoms with Crippen LogP contribution in [0.1, 0.15) is 57.3 Å². The van der Waals surface area contributed by atoms with E-state index in [1.165, 1.54) is 19.3 Å². The molecule has 0 aromatic heterocycles. The Hall–Kier alpha value is -1.42. The molecular weight excluding hydrogens is 304 g/mol. The summed E-state index contributed by atoms with van der Waals surface area (Å²) in [6.45, 7) is 9.76. The van der Waals surface area contributed by atoms with Crippen molar-refractivity contribution in [2.75, 3.05) is 11.9 Å². The first-order valence-corrected chi connectivity index (χ1v) is 8.77. The van der Waals surface area contributed by atoms with Crippen LogP contribution < -0.4 is 5.32 Å². The number of hydrogen-bond donors (Lipinski definition) is 1. The van der Waals surface area contributed by atoms with Gasteiger partial charge in [-0.05, 0) is 73.5 Å². The number of rotatable bonds is 2. The number of anilines is 1. The van der Waals surface area contributed by atoms with Gasteiger partial charge >= 0.3 is 0 Å². The molecule has 1 aromatic carbocycles. The Balaban J connectivity index is 1.70. The van der Waals surface area contributed by atoms with Crippen molar-refractivity contribution in [3.63, 3.8) is 0 Å². The second-order valence-corrected chi connectivity index (χ2v) is 8.79. The fourth-order valence-corrected chi connectivity index (χ4v) is 5.01. The molecule has 0 spiro atoms. The number of thiocarbonyl (C=S) groups is 1. The van der Waals surface area contributed by atoms with Crippen LogP contribution in [0.5, 0.6) is 0 Å². The molecule has 1 heterocycles. The van der Waals surface area contributed by atoms with E-state index in [0.29, 0.717) is 16.9 Å². The van der Waals surface area contributed by atoms with Crippen LogP contribution in [0.25, 0.3) is 0 Å². The molecule has 23 heavy (non-hydrogen) atoms. The van der Waals surface area contributed by atoms with Gasteiger partial charge in [-0.1, -0.05) is 20.8 Å². The second-order valence-electron chi connectivity index (χ2n) is 8.41. The molecule has 2 aliphatic rings. The first-order chi connectivity index (χ1) is 10.7. The molecule has 3 nitrogen and oxygen atoms in total. The van der Waals surface area contributed by atoms with Gasteiger partial charge in [0.1, 0.15) is 0 Å². The van der Waals surface area contributed by atoms with E-state index < -0.39 is 0 Å². The van der Waals surface area contributed by atoms with Gasteiger partial charge in [-0.25, -0.2) is 0 Å². The maximum Gasteiger partial charge on any atom is 0.173 e. The minimum Gasteiger partial charge on any atom is -0.345 e. The first kappa shape index (κ1) is 16.4. The molecule has 1 N–H and O–H groups in total. The lowest BCUT2D eigenvalue weighted by Gasteiger charge is -2.39. The van der Waals surface area contributed by atoms with Gasteiger partial charge in [0.2, 0.25) is 0 Å². The van der Waals surface area contributed by atoms with Crippen LogP contribution in [0.3, 0.4) is 0 Å². The van der Waals surface area contributed by atoms with E-state index in [1.54, 1.807) is 6.92 Å². The van der Waals surface area contributed by atoms with E-state index in [1.807, 2.05) is 24.3 Å². The highest BCUT2D eigenvalue weighted by Crippen LogP contribution is 2.52. The van der Waals surface area contributed by atoms with Crippen molar-refractivity contribution in [3.05, 3.63) is 29.8 Å². The van der Waals surface area contributed by atoms with Gasteiger partial charge in [0.05, 0.1) is 0 Å². The van der Waals surface area contributed by atoms with Gasteiger partial charge in [-0.2, -0.15) is 0 Å². The predicted octanol–water partition coefficient (Wildman–Crippen LogP) is 4.49. The van der Waals surface area contributed by atoms with E-state index in [4.69, 9.17) is 12.2 Å². The summed E-state index contributed by atoms with van der Waals surface area (Å²) in [7, 11) is 0. The summed E-state index contributed by atoms with van der Waals surface area (Å²) < 4.78 is 0. The van der Waals surface area contributed by atoms with Gasteiger partial charge in [-0.15, -0.1) is 0 Å². The van der Waals surface area contributed by atoms with Gasteiger partial charge < -0.3 is 10.2 Å². The fourth-order valence-electron chi connectivity index (χ4n) is 4.68. The number of Topliss-reactive ketones (excluding diaryl/α,β-unsaturated/α-hetero) is 1. The predicted molar refractivity (Wildman–Crippen MR) is 98.9 cm³/mol. The first-order valence-electron chi connectivity index (χ1n) is 8.36. The third-order valence-corrected chi connectivity index (χ3v) is 5.55. The zero-order valence-corrected chi connectivity index (χ0v) is 15.3. The number of hydrogen-bond acceptors (Lipinski definition) is 2. The quantitative estimate of drug-likeness (QED) is 0.640. The van der Waals surface area contributed by atoms with Crippen LogP contribution in [0.4, 0.5) is 5.69 Å². The average Bonchev–Trinajstić information content (AvgIpc) is 2.68. The monoisotopic (exact) mass is 330 g/mol. The summed E-state index contributed by atoms with van der Waals surface area (Å²) in [6, 6.07) is 8.09. The van der Waals surface area contributed by atoms with Crippen LogP contribution in [0, 0.1) is 10.8 Å². The Labute approximate surface area is 144 Å². The van der Waals surface area contributed by atoms with Crippen molar-refractivity contribution in [2.24, 2.45) is 10.8 Å². The van der Waals surface area contributed by atoms with E-state index in [2.05, 4.69) is 31.0 Å². The van der Waals surface area contributed by atoms with Crippen molar-refractivity contribution in [1.29, 1.82) is 0 Å². The van der Waals surface area contributed by atoms with E-state index in [0.717, 1.165) is 22.9 Å². The molecule has 2 unspecified atom stereocenters. The number of nitrogens with one attached hydrogen (secondary N) is 1. The summed E-state index contributed by atoms with van der Waals surface area (Å²) in [6.07, 6.45) is 3.71. The Morgan fingerprint density at radius 3 is 2.48 bits per heavy atom. The summed E-state index contributed by atoms with van der Waals surface area (Å²) in [5.74, 6) is 0.0858. The van der Waals surface area contributed by atoms with Crippen molar-refractivity contribution in [1.82, 2.24) is 4.90 Å². The van der Waals surface area contributed by atoms with E-state index >= 15 is 0 Å². The number of carbonyl (C=O) groups is 1. The van der Waals surface area contributed by atoms with Crippen LogP contribution >= 0.6 is 12.2 Å². The van der Waals surface area contributed by atoms with Crippen molar-refractivity contribution in [3.8, 4) is 0 Å². The second kappa shape index (κ2) is 5.59. The number of ketones is 1. The highest BCUT2D eigenvalue weighted by molar-refractivity contribution is 7.80. The van der Waals surface area contributed by atoms with Crippen molar-refractivity contribution < 1.29 is 4.79 Å². The van der Waals surface area contributed by atoms with Crippen molar-refractivity contribution >= 4 is 28.8 Å². The molecule has 1 aliphatic heterocycles. The molecule has 124 valence electrons. The largest absolute Gasteiger partial charge is 0.345 e. The lowest BCUT2D eigenvalue weighted by Crippen LogP contribution is -2.39. The minimum absolute atomic E-state index is 0.0858. The third-order valence-electron chi connectivity index (χ3n) is 5.22. The topological polar surface area (TPSA) is 32.3 Å². The van der Waals surface area contributed by atoms with Gasteiger partial charge in [-0.3, -0.25) is 4.79 Å². The van der Waals surface area contributed by atoms with E-state index in [-0.39, 0.29) is 5.78 Å². The summed E-state index contributed by atoms with van der Waals surface area (Å²) in [5, 5.41) is 4.17. The zero-order chi connectivity index (χ0) is 16.8. The Kier molecular flexibility index (Phi) is 3.99. The molecular formula is C19H26N2OS. The standard InChI is InChI=1S/C19H26N2OS/c1-13(22)14-5-7-15(8-6-14)20-17(23)21-12-19(4)10-16(21)9-18(2,3)11-19/h5-8,16H,9-12H2,1-4H3,(H,20,23). The molecule has 1 aromatic rings. The third kappa shape index (κ3) is 3.42. The number of carbonyl (C=O) groups excluding carboxylic acids is 1.